The second-order valence-electron chi connectivity index (χ2n) is 4.26. The standard InChI is InChI=1S/C9H17N3O.2C2H6.H2/c10-8(13)12-6-3-9(7-12)1-4-11-5-2-9;2*1-2;/h11H,1-7H2,(H2,10,13);2*1-2H3;1H. The fraction of sp³-hybridized carbons (Fsp3) is 0.923. The Morgan fingerprint density at radius 2 is 1.71 bits per heavy atom. The molecule has 0 aromatic rings. The van der Waals surface area contributed by atoms with Crippen LogP contribution in [0.1, 0.15) is 48.4 Å². The van der Waals surface area contributed by atoms with Gasteiger partial charge in [0.25, 0.3) is 0 Å². The van der Waals surface area contributed by atoms with Crippen LogP contribution in [0.2, 0.25) is 0 Å². The molecule has 0 saturated carbocycles. The molecule has 4 nitrogen and oxygen atoms in total. The highest BCUT2D eigenvalue weighted by Gasteiger charge is 2.39. The van der Waals surface area contributed by atoms with E-state index in [1.54, 1.807) is 4.90 Å². The van der Waals surface area contributed by atoms with E-state index < -0.39 is 0 Å². The molecule has 3 N–H and O–H groups in total. The lowest BCUT2D eigenvalue weighted by atomic mass is 9.78. The Morgan fingerprint density at radius 1 is 1.18 bits per heavy atom. The van der Waals surface area contributed by atoms with Crippen molar-refractivity contribution in [3.05, 3.63) is 0 Å². The summed E-state index contributed by atoms with van der Waals surface area (Å²) in [6.07, 6.45) is 3.52. The smallest absolute Gasteiger partial charge is 0.314 e. The molecule has 0 unspecified atom stereocenters. The van der Waals surface area contributed by atoms with Crippen molar-refractivity contribution >= 4 is 6.03 Å². The van der Waals surface area contributed by atoms with Crippen LogP contribution in [0.25, 0.3) is 0 Å². The molecule has 0 atom stereocenters. The number of amides is 2. The molecule has 104 valence electrons. The fourth-order valence-electron chi connectivity index (χ4n) is 2.49. The zero-order chi connectivity index (χ0) is 13.3. The van der Waals surface area contributed by atoms with Crippen LogP contribution in [-0.2, 0) is 0 Å². The number of urea groups is 1. The molecule has 17 heavy (non-hydrogen) atoms. The summed E-state index contributed by atoms with van der Waals surface area (Å²) in [6.45, 7) is 11.9. The van der Waals surface area contributed by atoms with Gasteiger partial charge in [-0.2, -0.15) is 0 Å². The van der Waals surface area contributed by atoms with E-state index in [2.05, 4.69) is 5.32 Å². The predicted molar refractivity (Wildman–Crippen MR) is 75.1 cm³/mol. The van der Waals surface area contributed by atoms with Crippen LogP contribution in [0.3, 0.4) is 0 Å². The lowest BCUT2D eigenvalue weighted by molar-refractivity contribution is 0.189. The first-order valence-electron chi connectivity index (χ1n) is 6.97. The minimum atomic E-state index is -0.254. The van der Waals surface area contributed by atoms with Crippen molar-refractivity contribution in [2.75, 3.05) is 26.2 Å². The number of primary amides is 1. The first-order chi connectivity index (χ1) is 8.22. The summed E-state index contributed by atoms with van der Waals surface area (Å²) in [7, 11) is 0. The monoisotopic (exact) mass is 245 g/mol. The number of rotatable bonds is 0. The fourth-order valence-corrected chi connectivity index (χ4v) is 2.49. The number of nitrogens with zero attached hydrogens (tertiary/aromatic N) is 1. The van der Waals surface area contributed by atoms with Crippen LogP contribution >= 0.6 is 0 Å². The van der Waals surface area contributed by atoms with Crippen LogP contribution < -0.4 is 11.1 Å². The predicted octanol–water partition coefficient (Wildman–Crippen LogP) is 2.44. The minimum absolute atomic E-state index is 0. The van der Waals surface area contributed by atoms with Crippen LogP contribution in [0.15, 0.2) is 0 Å². The Morgan fingerprint density at radius 3 is 2.12 bits per heavy atom. The molecule has 0 aromatic heterocycles. The van der Waals surface area contributed by atoms with E-state index in [1.807, 2.05) is 27.7 Å². The molecule has 0 aromatic carbocycles. The van der Waals surface area contributed by atoms with E-state index >= 15 is 0 Å². The quantitative estimate of drug-likeness (QED) is 0.688. The van der Waals surface area contributed by atoms with E-state index in [4.69, 9.17) is 5.73 Å². The number of carbonyl (C=O) groups is 1. The Balaban J connectivity index is 0. The number of likely N-dealkylation sites (tertiary alicyclic amines) is 1. The second-order valence-corrected chi connectivity index (χ2v) is 4.26. The SMILES string of the molecule is CC.CC.NC(=O)N1CCC2(CCNCC2)C1.[HH]. The molecular weight excluding hydrogens is 214 g/mol. The molecule has 2 heterocycles. The van der Waals surface area contributed by atoms with Crippen LogP contribution in [-0.4, -0.2) is 37.1 Å². The summed E-state index contributed by atoms with van der Waals surface area (Å²) in [5.41, 5.74) is 5.65. The normalized spacial score (nSPS) is 21.1. The molecule has 2 aliphatic heterocycles. The molecule has 2 saturated heterocycles. The van der Waals surface area contributed by atoms with Crippen molar-refractivity contribution in [1.29, 1.82) is 0 Å². The Hall–Kier alpha value is -0.770. The molecule has 0 aliphatic carbocycles. The Kier molecular flexibility index (Phi) is 7.96. The van der Waals surface area contributed by atoms with Gasteiger partial charge >= 0.3 is 6.03 Å². The maximum atomic E-state index is 11.0. The van der Waals surface area contributed by atoms with Gasteiger partial charge in [0.15, 0.2) is 0 Å². The highest BCUT2D eigenvalue weighted by molar-refractivity contribution is 5.72. The summed E-state index contributed by atoms with van der Waals surface area (Å²) >= 11 is 0. The van der Waals surface area contributed by atoms with Gasteiger partial charge in [-0.15, -0.1) is 0 Å². The third-order valence-corrected chi connectivity index (χ3v) is 3.41. The van der Waals surface area contributed by atoms with E-state index in [0.29, 0.717) is 5.41 Å². The largest absolute Gasteiger partial charge is 0.351 e. The topological polar surface area (TPSA) is 58.4 Å². The third kappa shape index (κ3) is 4.54. The second kappa shape index (κ2) is 8.34. The molecular formula is C13H31N3O. The summed E-state index contributed by atoms with van der Waals surface area (Å²) in [5.74, 6) is 0. The zero-order valence-electron chi connectivity index (χ0n) is 11.9. The first kappa shape index (κ1) is 16.2. The number of piperidine rings is 1. The number of hydrogen-bond donors (Lipinski definition) is 2. The Labute approximate surface area is 107 Å². The van der Waals surface area contributed by atoms with Crippen molar-refractivity contribution in [2.45, 2.75) is 47.0 Å². The van der Waals surface area contributed by atoms with Crippen LogP contribution in [0.4, 0.5) is 4.79 Å². The average Bonchev–Trinajstić information content (AvgIpc) is 2.79. The first-order valence-corrected chi connectivity index (χ1v) is 6.97. The molecule has 2 aliphatic rings. The number of nitrogens with one attached hydrogen (secondary N) is 1. The van der Waals surface area contributed by atoms with Gasteiger partial charge in [-0.3, -0.25) is 0 Å². The van der Waals surface area contributed by atoms with Gasteiger partial charge in [-0.25, -0.2) is 4.79 Å². The maximum absolute atomic E-state index is 11.0. The van der Waals surface area contributed by atoms with Crippen molar-refractivity contribution in [3.8, 4) is 0 Å². The lowest BCUT2D eigenvalue weighted by Gasteiger charge is -2.33. The third-order valence-electron chi connectivity index (χ3n) is 3.41. The molecule has 2 rings (SSSR count). The minimum Gasteiger partial charge on any atom is -0.351 e. The molecule has 2 fully saturated rings. The summed E-state index contributed by atoms with van der Waals surface area (Å²) < 4.78 is 0. The number of carbonyl (C=O) groups excluding carboxylic acids is 1. The van der Waals surface area contributed by atoms with E-state index in [9.17, 15) is 4.79 Å². The summed E-state index contributed by atoms with van der Waals surface area (Å²) in [6, 6.07) is -0.254. The van der Waals surface area contributed by atoms with Crippen LogP contribution in [0.5, 0.6) is 0 Å². The van der Waals surface area contributed by atoms with Gasteiger partial charge in [0.05, 0.1) is 0 Å². The van der Waals surface area contributed by atoms with Crippen molar-refractivity contribution < 1.29 is 6.22 Å². The highest BCUT2D eigenvalue weighted by atomic mass is 16.2. The number of hydrogen-bond acceptors (Lipinski definition) is 2. The van der Waals surface area contributed by atoms with Gasteiger partial charge in [-0.1, -0.05) is 27.7 Å². The Bertz CT molecular complexity index is 218. The van der Waals surface area contributed by atoms with Crippen LogP contribution in [0, 0.1) is 5.41 Å². The zero-order valence-corrected chi connectivity index (χ0v) is 11.9. The average molecular weight is 245 g/mol. The van der Waals surface area contributed by atoms with Gasteiger partial charge in [0.1, 0.15) is 0 Å². The van der Waals surface area contributed by atoms with E-state index in [1.165, 1.54) is 12.8 Å². The van der Waals surface area contributed by atoms with Crippen molar-refractivity contribution in [3.63, 3.8) is 0 Å². The highest BCUT2D eigenvalue weighted by Crippen LogP contribution is 2.38. The van der Waals surface area contributed by atoms with Gasteiger partial charge in [0, 0.05) is 14.5 Å². The summed E-state index contributed by atoms with van der Waals surface area (Å²) in [5, 5.41) is 3.35. The number of nitrogens with two attached hydrogens (primary N) is 1. The molecule has 4 heteroatoms. The van der Waals surface area contributed by atoms with E-state index in [-0.39, 0.29) is 7.46 Å². The molecule has 0 radical (unpaired) electrons. The van der Waals surface area contributed by atoms with Gasteiger partial charge in [-0.05, 0) is 37.8 Å². The van der Waals surface area contributed by atoms with E-state index in [0.717, 1.165) is 32.6 Å². The summed E-state index contributed by atoms with van der Waals surface area (Å²) in [4.78, 5) is 12.7. The maximum Gasteiger partial charge on any atom is 0.314 e. The van der Waals surface area contributed by atoms with Crippen molar-refractivity contribution in [2.24, 2.45) is 11.1 Å². The molecule has 1 spiro atoms. The molecule has 2 amide bonds. The lowest BCUT2D eigenvalue weighted by Crippen LogP contribution is -2.41. The van der Waals surface area contributed by atoms with Gasteiger partial charge in [0.2, 0.25) is 0 Å². The molecule has 0 bridgehead atoms. The van der Waals surface area contributed by atoms with Crippen molar-refractivity contribution in [1.82, 2.24) is 10.2 Å². The van der Waals surface area contributed by atoms with Gasteiger partial charge < -0.3 is 16.0 Å².